The van der Waals surface area contributed by atoms with Gasteiger partial charge in [0, 0.05) is 6.54 Å². The number of esters is 1. The third-order valence-corrected chi connectivity index (χ3v) is 2.89. The number of halogens is 1. The fraction of sp³-hybridized carbons (Fsp3) is 0.533. The number of rotatable bonds is 8. The second-order valence-corrected chi connectivity index (χ2v) is 4.39. The molecule has 1 atom stereocenters. The Balaban J connectivity index is 2.44. The molecule has 4 heteroatoms. The summed E-state index contributed by atoms with van der Waals surface area (Å²) in [5, 5.41) is 3.14. The van der Waals surface area contributed by atoms with Crippen molar-refractivity contribution >= 4 is 5.97 Å². The molecule has 0 saturated heterocycles. The molecule has 0 heterocycles. The summed E-state index contributed by atoms with van der Waals surface area (Å²) < 4.78 is 18.4. The van der Waals surface area contributed by atoms with Crippen molar-refractivity contribution in [2.45, 2.75) is 39.2 Å². The Kier molecular flexibility index (Phi) is 7.11. The molecule has 0 saturated carbocycles. The molecule has 0 aromatic heterocycles. The number of nitrogens with one attached hydrogen (secondary N) is 1. The van der Waals surface area contributed by atoms with Gasteiger partial charge in [0.1, 0.15) is 11.9 Å². The van der Waals surface area contributed by atoms with E-state index in [1.54, 1.807) is 19.1 Å². The van der Waals surface area contributed by atoms with Gasteiger partial charge in [-0.1, -0.05) is 31.5 Å². The number of hydrogen-bond acceptors (Lipinski definition) is 3. The van der Waals surface area contributed by atoms with Crippen LogP contribution in [0.4, 0.5) is 4.39 Å². The van der Waals surface area contributed by atoms with Crippen molar-refractivity contribution in [1.29, 1.82) is 0 Å². The maximum atomic E-state index is 13.4. The first-order valence-corrected chi connectivity index (χ1v) is 6.82. The quantitative estimate of drug-likeness (QED) is 0.736. The van der Waals surface area contributed by atoms with Gasteiger partial charge in [0.15, 0.2) is 0 Å². The van der Waals surface area contributed by atoms with Crippen LogP contribution >= 0.6 is 0 Å². The largest absolute Gasteiger partial charge is 0.465 e. The maximum Gasteiger partial charge on any atom is 0.323 e. The molecule has 0 aliphatic carbocycles. The third-order valence-electron chi connectivity index (χ3n) is 2.89. The summed E-state index contributed by atoms with van der Waals surface area (Å²) in [6, 6.07) is 6.40. The van der Waals surface area contributed by atoms with E-state index in [2.05, 4.69) is 5.32 Å². The highest BCUT2D eigenvalue weighted by molar-refractivity contribution is 5.75. The lowest BCUT2D eigenvalue weighted by Gasteiger charge is -2.16. The van der Waals surface area contributed by atoms with Gasteiger partial charge < -0.3 is 10.1 Å². The zero-order valence-corrected chi connectivity index (χ0v) is 11.6. The lowest BCUT2D eigenvalue weighted by atomic mass is 10.1. The summed E-state index contributed by atoms with van der Waals surface area (Å²) >= 11 is 0. The topological polar surface area (TPSA) is 38.3 Å². The Morgan fingerprint density at radius 2 is 2.11 bits per heavy atom. The summed E-state index contributed by atoms with van der Waals surface area (Å²) in [5.41, 5.74) is 0.661. The minimum Gasteiger partial charge on any atom is -0.465 e. The van der Waals surface area contributed by atoms with Gasteiger partial charge in [0.2, 0.25) is 0 Å². The molecule has 0 aliphatic heterocycles. The van der Waals surface area contributed by atoms with Gasteiger partial charge in [-0.25, -0.2) is 4.39 Å². The van der Waals surface area contributed by atoms with Crippen LogP contribution in [-0.2, 0) is 16.0 Å². The van der Waals surface area contributed by atoms with E-state index in [9.17, 15) is 9.18 Å². The first-order chi connectivity index (χ1) is 9.19. The molecule has 1 unspecified atom stereocenters. The van der Waals surface area contributed by atoms with Crippen LogP contribution in [0.1, 0.15) is 32.3 Å². The van der Waals surface area contributed by atoms with Gasteiger partial charge in [-0.15, -0.1) is 0 Å². The summed E-state index contributed by atoms with van der Waals surface area (Å²) in [6.45, 7) is 4.75. The van der Waals surface area contributed by atoms with E-state index in [4.69, 9.17) is 4.74 Å². The molecule has 0 bridgehead atoms. The van der Waals surface area contributed by atoms with Crippen LogP contribution in [0.15, 0.2) is 24.3 Å². The fourth-order valence-electron chi connectivity index (χ4n) is 1.92. The fourth-order valence-corrected chi connectivity index (χ4v) is 1.92. The van der Waals surface area contributed by atoms with Gasteiger partial charge in [-0.3, -0.25) is 4.79 Å². The van der Waals surface area contributed by atoms with Crippen LogP contribution in [0.3, 0.4) is 0 Å². The summed E-state index contributed by atoms with van der Waals surface area (Å²) in [4.78, 5) is 11.7. The van der Waals surface area contributed by atoms with Crippen LogP contribution in [0.5, 0.6) is 0 Å². The maximum absolute atomic E-state index is 13.4. The van der Waals surface area contributed by atoms with Gasteiger partial charge in [0.25, 0.3) is 0 Å². The Labute approximate surface area is 114 Å². The molecule has 1 rings (SSSR count). The van der Waals surface area contributed by atoms with Crippen molar-refractivity contribution in [1.82, 2.24) is 5.32 Å². The summed E-state index contributed by atoms with van der Waals surface area (Å²) in [7, 11) is 0. The highest BCUT2D eigenvalue weighted by Gasteiger charge is 2.17. The molecule has 0 spiro atoms. The zero-order chi connectivity index (χ0) is 14.1. The minimum atomic E-state index is -0.295. The van der Waals surface area contributed by atoms with Gasteiger partial charge in [-0.05, 0) is 31.4 Å². The smallest absolute Gasteiger partial charge is 0.323 e. The van der Waals surface area contributed by atoms with E-state index >= 15 is 0 Å². The molecular formula is C15H22FNO2. The highest BCUT2D eigenvalue weighted by atomic mass is 19.1. The molecule has 0 amide bonds. The van der Waals surface area contributed by atoms with Crippen molar-refractivity contribution in [2.24, 2.45) is 0 Å². The van der Waals surface area contributed by atoms with E-state index < -0.39 is 0 Å². The second kappa shape index (κ2) is 8.64. The standard InChI is InChI=1S/C15H22FNO2/c1-3-7-14(15(18)19-4-2)17-11-10-12-8-5-6-9-13(12)16/h5-6,8-9,14,17H,3-4,7,10-11H2,1-2H3. The van der Waals surface area contributed by atoms with E-state index in [1.165, 1.54) is 6.07 Å². The first-order valence-electron chi connectivity index (χ1n) is 6.82. The lowest BCUT2D eigenvalue weighted by Crippen LogP contribution is -2.39. The average Bonchev–Trinajstić information content (AvgIpc) is 2.40. The van der Waals surface area contributed by atoms with Gasteiger partial charge in [0.05, 0.1) is 6.61 Å². The van der Waals surface area contributed by atoms with Crippen LogP contribution in [0.25, 0.3) is 0 Å². The number of carbonyl (C=O) groups excluding carboxylic acids is 1. The Bertz CT molecular complexity index is 395. The van der Waals surface area contributed by atoms with E-state index in [1.807, 2.05) is 13.0 Å². The molecule has 1 aromatic rings. The monoisotopic (exact) mass is 267 g/mol. The van der Waals surface area contributed by atoms with Crippen molar-refractivity contribution in [3.8, 4) is 0 Å². The van der Waals surface area contributed by atoms with Crippen molar-refractivity contribution in [3.05, 3.63) is 35.6 Å². The van der Waals surface area contributed by atoms with Crippen LogP contribution < -0.4 is 5.32 Å². The molecule has 1 aromatic carbocycles. The van der Waals surface area contributed by atoms with Crippen LogP contribution in [-0.4, -0.2) is 25.2 Å². The lowest BCUT2D eigenvalue weighted by molar-refractivity contribution is -0.145. The average molecular weight is 267 g/mol. The van der Waals surface area contributed by atoms with Gasteiger partial charge >= 0.3 is 5.97 Å². The normalized spacial score (nSPS) is 12.2. The van der Waals surface area contributed by atoms with Crippen molar-refractivity contribution < 1.29 is 13.9 Å². The minimum absolute atomic E-state index is 0.201. The van der Waals surface area contributed by atoms with Gasteiger partial charge in [-0.2, -0.15) is 0 Å². The third kappa shape index (κ3) is 5.39. The van der Waals surface area contributed by atoms with Crippen LogP contribution in [0, 0.1) is 5.82 Å². The molecule has 0 fully saturated rings. The number of benzene rings is 1. The number of hydrogen-bond donors (Lipinski definition) is 1. The second-order valence-electron chi connectivity index (χ2n) is 4.39. The van der Waals surface area contributed by atoms with Crippen LogP contribution in [0.2, 0.25) is 0 Å². The number of ether oxygens (including phenoxy) is 1. The van der Waals surface area contributed by atoms with E-state index in [0.29, 0.717) is 25.1 Å². The molecular weight excluding hydrogens is 245 g/mol. The predicted molar refractivity (Wildman–Crippen MR) is 73.4 cm³/mol. The Morgan fingerprint density at radius 3 is 2.74 bits per heavy atom. The van der Waals surface area contributed by atoms with Crippen molar-refractivity contribution in [3.63, 3.8) is 0 Å². The summed E-state index contributed by atoms with van der Waals surface area (Å²) in [6.07, 6.45) is 2.19. The summed E-state index contributed by atoms with van der Waals surface area (Å²) in [5.74, 6) is -0.426. The Morgan fingerprint density at radius 1 is 1.37 bits per heavy atom. The number of carbonyl (C=O) groups is 1. The molecule has 0 aliphatic rings. The van der Waals surface area contributed by atoms with Crippen molar-refractivity contribution in [2.75, 3.05) is 13.2 Å². The predicted octanol–water partition coefficient (Wildman–Crippen LogP) is 2.69. The zero-order valence-electron chi connectivity index (χ0n) is 11.6. The molecule has 3 nitrogen and oxygen atoms in total. The molecule has 0 radical (unpaired) electrons. The highest BCUT2D eigenvalue weighted by Crippen LogP contribution is 2.07. The Hall–Kier alpha value is -1.42. The molecule has 106 valence electrons. The first kappa shape index (κ1) is 15.6. The molecule has 19 heavy (non-hydrogen) atoms. The van der Waals surface area contributed by atoms with E-state index in [-0.39, 0.29) is 17.8 Å². The van der Waals surface area contributed by atoms with E-state index in [0.717, 1.165) is 12.8 Å². The molecule has 1 N–H and O–H groups in total. The SMILES string of the molecule is CCCC(NCCc1ccccc1F)C(=O)OCC.